The maximum absolute atomic E-state index is 4.64. The Bertz CT molecular complexity index is 780. The molecule has 0 bridgehead atoms. The van der Waals surface area contributed by atoms with Gasteiger partial charge in [0, 0.05) is 25.6 Å². The highest BCUT2D eigenvalue weighted by atomic mass is 15.1. The Balaban J connectivity index is 2.28. The van der Waals surface area contributed by atoms with Crippen LogP contribution in [0.5, 0.6) is 0 Å². The van der Waals surface area contributed by atoms with Crippen LogP contribution in [-0.4, -0.2) is 14.1 Å². The first kappa shape index (κ1) is 15.6. The van der Waals surface area contributed by atoms with Crippen molar-refractivity contribution in [1.29, 1.82) is 0 Å². The number of aryl methyl sites for hydroxylation is 1. The average molecular weight is 307 g/mol. The summed E-state index contributed by atoms with van der Waals surface area (Å²) in [5, 5.41) is 0. The van der Waals surface area contributed by atoms with Gasteiger partial charge in [-0.15, -0.1) is 0 Å². The lowest BCUT2D eigenvalue weighted by molar-refractivity contribution is 0.804. The van der Waals surface area contributed by atoms with Gasteiger partial charge in [-0.3, -0.25) is 4.57 Å². The monoisotopic (exact) mass is 307 g/mol. The zero-order chi connectivity index (χ0) is 16.6. The van der Waals surface area contributed by atoms with Crippen molar-refractivity contribution in [3.63, 3.8) is 0 Å². The maximum atomic E-state index is 4.64. The molecule has 1 aromatic carbocycles. The molecule has 0 saturated heterocycles. The highest BCUT2D eigenvalue weighted by Crippen LogP contribution is 2.33. The molecule has 3 aromatic rings. The Morgan fingerprint density at radius 1 is 0.870 bits per heavy atom. The van der Waals surface area contributed by atoms with E-state index in [1.54, 1.807) is 0 Å². The van der Waals surface area contributed by atoms with Gasteiger partial charge in [-0.25, -0.2) is 4.98 Å². The molecule has 0 unspecified atom stereocenters. The molecular weight excluding hydrogens is 282 g/mol. The minimum Gasteiger partial charge on any atom is -0.348 e. The summed E-state index contributed by atoms with van der Waals surface area (Å²) in [4.78, 5) is 4.64. The molecule has 3 heteroatoms. The van der Waals surface area contributed by atoms with E-state index in [-0.39, 0.29) is 0 Å². The van der Waals surface area contributed by atoms with Gasteiger partial charge >= 0.3 is 0 Å². The number of rotatable bonds is 4. The Morgan fingerprint density at radius 3 is 2.04 bits per heavy atom. The molecule has 3 rings (SSSR count). The van der Waals surface area contributed by atoms with Gasteiger partial charge in [0.2, 0.25) is 0 Å². The minimum absolute atomic E-state index is 0.465. The van der Waals surface area contributed by atoms with E-state index in [0.717, 1.165) is 11.5 Å². The molecule has 0 N–H and O–H groups in total. The summed E-state index contributed by atoms with van der Waals surface area (Å²) < 4.78 is 4.37. The Kier molecular flexibility index (Phi) is 4.12. The van der Waals surface area contributed by atoms with Gasteiger partial charge < -0.3 is 4.57 Å². The number of hydrogen-bond donors (Lipinski definition) is 0. The van der Waals surface area contributed by atoms with Gasteiger partial charge in [0.25, 0.3) is 0 Å². The second-order valence-corrected chi connectivity index (χ2v) is 6.72. The predicted molar refractivity (Wildman–Crippen MR) is 96.1 cm³/mol. The number of para-hydroxylation sites is 1. The Labute approximate surface area is 138 Å². The molecule has 0 saturated carbocycles. The van der Waals surface area contributed by atoms with Crippen LogP contribution >= 0.6 is 0 Å². The summed E-state index contributed by atoms with van der Waals surface area (Å²) in [7, 11) is 2.06. The van der Waals surface area contributed by atoms with Crippen LogP contribution in [0.3, 0.4) is 0 Å². The van der Waals surface area contributed by atoms with Crippen molar-refractivity contribution in [3.05, 3.63) is 60.0 Å². The van der Waals surface area contributed by atoms with Crippen molar-refractivity contribution in [2.45, 2.75) is 39.5 Å². The first-order chi connectivity index (χ1) is 11.0. The second-order valence-electron chi connectivity index (χ2n) is 6.72. The Hall–Kier alpha value is -2.29. The lowest BCUT2D eigenvalue weighted by Gasteiger charge is -2.21. The van der Waals surface area contributed by atoms with Crippen LogP contribution in [0.15, 0.2) is 48.9 Å². The second kappa shape index (κ2) is 6.07. The van der Waals surface area contributed by atoms with Crippen molar-refractivity contribution in [2.75, 3.05) is 0 Å². The van der Waals surface area contributed by atoms with Crippen LogP contribution in [0, 0.1) is 0 Å². The third kappa shape index (κ3) is 2.72. The summed E-state index contributed by atoms with van der Waals surface area (Å²) in [6.45, 7) is 9.01. The lowest BCUT2D eigenvalue weighted by Crippen LogP contribution is -2.08. The van der Waals surface area contributed by atoms with Gasteiger partial charge in [0.05, 0.1) is 11.4 Å². The minimum atomic E-state index is 0.465. The highest BCUT2D eigenvalue weighted by molar-refractivity contribution is 5.60. The molecule has 23 heavy (non-hydrogen) atoms. The van der Waals surface area contributed by atoms with Crippen molar-refractivity contribution in [1.82, 2.24) is 14.1 Å². The van der Waals surface area contributed by atoms with Gasteiger partial charge in [0.1, 0.15) is 0 Å². The van der Waals surface area contributed by atoms with Crippen molar-refractivity contribution >= 4 is 0 Å². The van der Waals surface area contributed by atoms with Crippen molar-refractivity contribution < 1.29 is 0 Å². The maximum Gasteiger partial charge on any atom is 0.161 e. The van der Waals surface area contributed by atoms with Crippen LogP contribution in [0.4, 0.5) is 0 Å². The molecule has 3 nitrogen and oxygen atoms in total. The third-order valence-electron chi connectivity index (χ3n) is 4.40. The van der Waals surface area contributed by atoms with E-state index < -0.39 is 0 Å². The van der Waals surface area contributed by atoms with E-state index >= 15 is 0 Å². The van der Waals surface area contributed by atoms with Crippen LogP contribution in [0.25, 0.3) is 17.2 Å². The molecule has 0 atom stereocenters. The first-order valence-corrected chi connectivity index (χ1v) is 8.29. The van der Waals surface area contributed by atoms with E-state index in [2.05, 4.69) is 91.6 Å². The number of benzene rings is 1. The SMILES string of the molecule is CC(C)c1cccc(C(C)C)c1-n1ccnc1-c1cccn1C. The summed E-state index contributed by atoms with van der Waals surface area (Å²) in [6, 6.07) is 10.8. The van der Waals surface area contributed by atoms with E-state index in [4.69, 9.17) is 0 Å². The summed E-state index contributed by atoms with van der Waals surface area (Å²) in [6.07, 6.45) is 6.03. The van der Waals surface area contributed by atoms with E-state index in [0.29, 0.717) is 11.8 Å². The fourth-order valence-electron chi connectivity index (χ4n) is 3.16. The van der Waals surface area contributed by atoms with E-state index in [1.807, 2.05) is 6.20 Å². The van der Waals surface area contributed by atoms with E-state index in [9.17, 15) is 0 Å². The van der Waals surface area contributed by atoms with Gasteiger partial charge in [-0.05, 0) is 35.1 Å². The molecule has 0 aliphatic rings. The molecular formula is C20H25N3. The van der Waals surface area contributed by atoms with Gasteiger partial charge in [-0.2, -0.15) is 0 Å². The quantitative estimate of drug-likeness (QED) is 0.655. The number of imidazole rings is 1. The molecule has 0 radical (unpaired) electrons. The zero-order valence-electron chi connectivity index (χ0n) is 14.6. The standard InChI is InChI=1S/C20H25N3/c1-14(2)16-8-6-9-17(15(3)4)19(16)23-13-11-21-20(23)18-10-7-12-22(18)5/h6-15H,1-5H3. The van der Waals surface area contributed by atoms with Crippen molar-refractivity contribution in [2.24, 2.45) is 7.05 Å². The van der Waals surface area contributed by atoms with Crippen LogP contribution in [-0.2, 0) is 7.05 Å². The molecule has 0 fully saturated rings. The van der Waals surface area contributed by atoms with Crippen LogP contribution in [0.2, 0.25) is 0 Å². The molecule has 120 valence electrons. The molecule has 2 aromatic heterocycles. The molecule has 0 aliphatic heterocycles. The normalized spacial score (nSPS) is 11.6. The third-order valence-corrected chi connectivity index (χ3v) is 4.40. The molecule has 0 aliphatic carbocycles. The predicted octanol–water partition coefficient (Wildman–Crippen LogP) is 5.12. The molecule has 0 amide bonds. The fourth-order valence-corrected chi connectivity index (χ4v) is 3.16. The summed E-state index contributed by atoms with van der Waals surface area (Å²) in [5.74, 6) is 1.92. The lowest BCUT2D eigenvalue weighted by atomic mass is 9.92. The van der Waals surface area contributed by atoms with Crippen LogP contribution in [0.1, 0.15) is 50.7 Å². The summed E-state index contributed by atoms with van der Waals surface area (Å²) in [5.41, 5.74) is 5.14. The zero-order valence-corrected chi connectivity index (χ0v) is 14.6. The molecule has 0 spiro atoms. The summed E-state index contributed by atoms with van der Waals surface area (Å²) >= 11 is 0. The number of aromatic nitrogens is 3. The largest absolute Gasteiger partial charge is 0.348 e. The van der Waals surface area contributed by atoms with Crippen molar-refractivity contribution in [3.8, 4) is 17.2 Å². The Morgan fingerprint density at radius 2 is 1.52 bits per heavy atom. The number of hydrogen-bond acceptors (Lipinski definition) is 1. The number of nitrogens with zero attached hydrogens (tertiary/aromatic N) is 3. The van der Waals surface area contributed by atoms with Crippen LogP contribution < -0.4 is 0 Å². The topological polar surface area (TPSA) is 22.8 Å². The highest BCUT2D eigenvalue weighted by Gasteiger charge is 2.19. The average Bonchev–Trinajstić information content (AvgIpc) is 3.14. The van der Waals surface area contributed by atoms with Gasteiger partial charge in [-0.1, -0.05) is 45.9 Å². The van der Waals surface area contributed by atoms with E-state index in [1.165, 1.54) is 16.8 Å². The first-order valence-electron chi connectivity index (χ1n) is 8.29. The van der Waals surface area contributed by atoms with Gasteiger partial charge in [0.15, 0.2) is 5.82 Å². The smallest absolute Gasteiger partial charge is 0.161 e. The fraction of sp³-hybridized carbons (Fsp3) is 0.350. The molecule has 2 heterocycles.